The Balaban J connectivity index is 1.65. The molecule has 0 aromatic heterocycles. The number of para-hydroxylation sites is 1. The number of carbonyl (C=O) groups excluding carboxylic acids is 2. The lowest BCUT2D eigenvalue weighted by Crippen LogP contribution is -2.29. The minimum absolute atomic E-state index is 0.0185. The summed E-state index contributed by atoms with van der Waals surface area (Å²) in [5.41, 5.74) is 4.13. The minimum Gasteiger partial charge on any atom is -0.326 e. The Kier molecular flexibility index (Phi) is 7.27. The van der Waals surface area contributed by atoms with E-state index < -0.39 is 0 Å². The molecule has 5 heteroatoms. The molecule has 0 spiro atoms. The Bertz CT molecular complexity index is 876. The van der Waals surface area contributed by atoms with Crippen LogP contribution in [0.15, 0.2) is 48.5 Å². The van der Waals surface area contributed by atoms with Crippen LogP contribution in [0.3, 0.4) is 0 Å². The van der Waals surface area contributed by atoms with Crippen LogP contribution < -0.4 is 10.2 Å². The third kappa shape index (κ3) is 5.28. The molecule has 1 N–H and O–H groups in total. The van der Waals surface area contributed by atoms with Crippen LogP contribution in [0.4, 0.5) is 11.4 Å². The fourth-order valence-electron chi connectivity index (χ4n) is 3.84. The van der Waals surface area contributed by atoms with Gasteiger partial charge in [-0.25, -0.2) is 0 Å². The molecule has 2 amide bonds. The summed E-state index contributed by atoms with van der Waals surface area (Å²) in [7, 11) is 4.12. The Hall–Kier alpha value is -2.66. The first-order valence-electron chi connectivity index (χ1n) is 10.8. The van der Waals surface area contributed by atoms with Crippen molar-refractivity contribution >= 4 is 23.2 Å². The highest BCUT2D eigenvalue weighted by atomic mass is 16.2. The molecule has 1 aliphatic rings. The van der Waals surface area contributed by atoms with Crippen molar-refractivity contribution in [3.05, 3.63) is 59.7 Å². The van der Waals surface area contributed by atoms with E-state index in [1.54, 1.807) is 4.90 Å². The van der Waals surface area contributed by atoms with Gasteiger partial charge < -0.3 is 15.1 Å². The van der Waals surface area contributed by atoms with Crippen LogP contribution in [-0.2, 0) is 16.0 Å². The van der Waals surface area contributed by atoms with Gasteiger partial charge in [0.2, 0.25) is 11.8 Å². The van der Waals surface area contributed by atoms with Gasteiger partial charge in [-0.1, -0.05) is 44.2 Å². The zero-order valence-corrected chi connectivity index (χ0v) is 18.5. The van der Waals surface area contributed by atoms with Gasteiger partial charge in [0.15, 0.2) is 0 Å². The zero-order chi connectivity index (χ0) is 21.7. The van der Waals surface area contributed by atoms with E-state index in [1.807, 2.05) is 42.5 Å². The molecule has 1 saturated heterocycles. The monoisotopic (exact) mass is 407 g/mol. The number of hydrogen-bond donors (Lipinski definition) is 1. The van der Waals surface area contributed by atoms with Crippen LogP contribution >= 0.6 is 0 Å². The van der Waals surface area contributed by atoms with Crippen LogP contribution in [0, 0.1) is 5.92 Å². The lowest BCUT2D eigenvalue weighted by atomic mass is 9.96. The number of amides is 2. The lowest BCUT2D eigenvalue weighted by molar-refractivity contribution is -0.122. The smallest absolute Gasteiger partial charge is 0.229 e. The Labute approximate surface area is 180 Å². The highest BCUT2D eigenvalue weighted by Gasteiger charge is 2.36. The number of likely N-dealkylation sites (N-methyl/N-ethyl adjacent to an activating group) is 1. The first-order valence-corrected chi connectivity index (χ1v) is 10.8. The number of benzene rings is 2. The predicted molar refractivity (Wildman–Crippen MR) is 123 cm³/mol. The second-order valence-electron chi connectivity index (χ2n) is 8.51. The van der Waals surface area contributed by atoms with Gasteiger partial charge in [0.25, 0.3) is 0 Å². The fraction of sp³-hybridized carbons (Fsp3) is 0.440. The average Bonchev–Trinajstić information content (AvgIpc) is 3.14. The molecule has 2 aromatic carbocycles. The van der Waals surface area contributed by atoms with E-state index in [1.165, 1.54) is 11.1 Å². The number of hydrogen-bond acceptors (Lipinski definition) is 3. The van der Waals surface area contributed by atoms with Crippen molar-refractivity contribution < 1.29 is 9.59 Å². The quantitative estimate of drug-likeness (QED) is 0.710. The molecule has 3 rings (SSSR count). The number of nitrogens with one attached hydrogen (secondary N) is 1. The second kappa shape index (κ2) is 9.90. The van der Waals surface area contributed by atoms with Gasteiger partial charge in [0.05, 0.1) is 5.92 Å². The SMILES string of the molecule is CCC(C)c1ccccc1N1CC(C(=O)Nc2ccc(CCN(C)C)cc2)CC1=O. The van der Waals surface area contributed by atoms with Gasteiger partial charge in [-0.05, 0) is 62.2 Å². The third-order valence-electron chi connectivity index (χ3n) is 5.94. The summed E-state index contributed by atoms with van der Waals surface area (Å²) >= 11 is 0. The Morgan fingerprint density at radius 3 is 2.53 bits per heavy atom. The minimum atomic E-state index is -0.337. The van der Waals surface area contributed by atoms with E-state index in [0.717, 1.165) is 30.8 Å². The summed E-state index contributed by atoms with van der Waals surface area (Å²) in [6.45, 7) is 5.74. The summed E-state index contributed by atoms with van der Waals surface area (Å²) in [5, 5.41) is 2.99. The van der Waals surface area contributed by atoms with Crippen molar-refractivity contribution in [1.29, 1.82) is 0 Å². The summed E-state index contributed by atoms with van der Waals surface area (Å²) in [5.74, 6) is -0.0401. The summed E-state index contributed by atoms with van der Waals surface area (Å²) in [6.07, 6.45) is 2.23. The predicted octanol–water partition coefficient (Wildman–Crippen LogP) is 4.30. The second-order valence-corrected chi connectivity index (χ2v) is 8.51. The molecule has 30 heavy (non-hydrogen) atoms. The molecule has 0 saturated carbocycles. The summed E-state index contributed by atoms with van der Waals surface area (Å²) < 4.78 is 0. The fourth-order valence-corrected chi connectivity index (χ4v) is 3.84. The van der Waals surface area contributed by atoms with E-state index in [-0.39, 0.29) is 24.2 Å². The van der Waals surface area contributed by atoms with E-state index in [2.05, 4.69) is 44.2 Å². The number of nitrogens with zero attached hydrogens (tertiary/aromatic N) is 2. The van der Waals surface area contributed by atoms with Gasteiger partial charge in [-0.15, -0.1) is 0 Å². The largest absolute Gasteiger partial charge is 0.326 e. The van der Waals surface area contributed by atoms with Gasteiger partial charge in [-0.2, -0.15) is 0 Å². The topological polar surface area (TPSA) is 52.7 Å². The van der Waals surface area contributed by atoms with Crippen LogP contribution in [0.5, 0.6) is 0 Å². The molecule has 0 aliphatic carbocycles. The van der Waals surface area contributed by atoms with Crippen molar-refractivity contribution in [1.82, 2.24) is 4.90 Å². The third-order valence-corrected chi connectivity index (χ3v) is 5.94. The van der Waals surface area contributed by atoms with Crippen molar-refractivity contribution in [2.45, 2.75) is 39.0 Å². The molecule has 160 valence electrons. The molecule has 0 radical (unpaired) electrons. The van der Waals surface area contributed by atoms with Crippen LogP contribution in [-0.4, -0.2) is 43.9 Å². The first-order chi connectivity index (χ1) is 14.4. The van der Waals surface area contributed by atoms with E-state index in [4.69, 9.17) is 0 Å². The molecule has 2 atom stereocenters. The highest BCUT2D eigenvalue weighted by molar-refractivity contribution is 6.03. The molecule has 1 aliphatic heterocycles. The number of anilines is 2. The molecule has 5 nitrogen and oxygen atoms in total. The van der Waals surface area contributed by atoms with Gasteiger partial charge in [0, 0.05) is 30.9 Å². The van der Waals surface area contributed by atoms with Crippen molar-refractivity contribution in [2.75, 3.05) is 37.4 Å². The van der Waals surface area contributed by atoms with Crippen LogP contribution in [0.1, 0.15) is 43.7 Å². The maximum absolute atomic E-state index is 12.8. The van der Waals surface area contributed by atoms with Crippen molar-refractivity contribution in [3.8, 4) is 0 Å². The van der Waals surface area contributed by atoms with Crippen LogP contribution in [0.25, 0.3) is 0 Å². The molecule has 2 unspecified atom stereocenters. The summed E-state index contributed by atoms with van der Waals surface area (Å²) in [4.78, 5) is 29.5. The molecular formula is C25H33N3O2. The molecule has 0 bridgehead atoms. The standard InChI is InChI=1S/C25H33N3O2/c1-5-18(2)22-8-6-7-9-23(22)28-17-20(16-24(28)29)25(30)26-21-12-10-19(11-13-21)14-15-27(3)4/h6-13,18,20H,5,14-17H2,1-4H3,(H,26,30). The zero-order valence-electron chi connectivity index (χ0n) is 18.5. The lowest BCUT2D eigenvalue weighted by Gasteiger charge is -2.23. The maximum atomic E-state index is 12.8. The van der Waals surface area contributed by atoms with E-state index >= 15 is 0 Å². The van der Waals surface area contributed by atoms with E-state index in [9.17, 15) is 9.59 Å². The maximum Gasteiger partial charge on any atom is 0.229 e. The van der Waals surface area contributed by atoms with Crippen molar-refractivity contribution in [3.63, 3.8) is 0 Å². The average molecular weight is 408 g/mol. The van der Waals surface area contributed by atoms with Gasteiger partial charge in [-0.3, -0.25) is 9.59 Å². The van der Waals surface area contributed by atoms with Gasteiger partial charge in [0.1, 0.15) is 0 Å². The Morgan fingerprint density at radius 1 is 1.17 bits per heavy atom. The Morgan fingerprint density at radius 2 is 1.87 bits per heavy atom. The molecule has 1 heterocycles. The summed E-state index contributed by atoms with van der Waals surface area (Å²) in [6, 6.07) is 16.0. The number of rotatable bonds is 8. The highest BCUT2D eigenvalue weighted by Crippen LogP contribution is 2.33. The molecule has 1 fully saturated rings. The van der Waals surface area contributed by atoms with Crippen molar-refractivity contribution in [2.24, 2.45) is 5.92 Å². The molecule has 2 aromatic rings. The van der Waals surface area contributed by atoms with E-state index in [0.29, 0.717) is 12.5 Å². The van der Waals surface area contributed by atoms with Crippen LogP contribution in [0.2, 0.25) is 0 Å². The first kappa shape index (κ1) is 22.0. The normalized spacial score (nSPS) is 17.4. The number of carbonyl (C=O) groups is 2. The molecular weight excluding hydrogens is 374 g/mol. The van der Waals surface area contributed by atoms with Gasteiger partial charge >= 0.3 is 0 Å².